The van der Waals surface area contributed by atoms with Crippen LogP contribution in [0, 0.1) is 5.92 Å². The molecule has 0 saturated carbocycles. The van der Waals surface area contributed by atoms with E-state index in [0.29, 0.717) is 17.9 Å². The third kappa shape index (κ3) is 3.83. The van der Waals surface area contributed by atoms with Gasteiger partial charge in [0.1, 0.15) is 0 Å². The van der Waals surface area contributed by atoms with E-state index < -0.39 is 0 Å². The lowest BCUT2D eigenvalue weighted by Gasteiger charge is -2.35. The summed E-state index contributed by atoms with van der Waals surface area (Å²) in [5, 5.41) is 7.61. The van der Waals surface area contributed by atoms with Crippen LogP contribution in [0.1, 0.15) is 57.2 Å². The highest BCUT2D eigenvalue weighted by molar-refractivity contribution is 4.97. The van der Waals surface area contributed by atoms with E-state index in [-0.39, 0.29) is 0 Å². The maximum Gasteiger partial charge on any atom is 0.229 e. The van der Waals surface area contributed by atoms with Gasteiger partial charge < -0.3 is 14.7 Å². The lowest BCUT2D eigenvalue weighted by Crippen LogP contribution is -2.40. The zero-order valence-electron chi connectivity index (χ0n) is 13.3. The van der Waals surface area contributed by atoms with Crippen molar-refractivity contribution in [2.24, 2.45) is 5.92 Å². The minimum absolute atomic E-state index is 0.464. The van der Waals surface area contributed by atoms with Crippen molar-refractivity contribution in [3.05, 3.63) is 11.7 Å². The van der Waals surface area contributed by atoms with Gasteiger partial charge in [0.25, 0.3) is 0 Å². The molecule has 21 heavy (non-hydrogen) atoms. The minimum atomic E-state index is 0.464. The molecular formula is C16H28N4O. The van der Waals surface area contributed by atoms with Crippen LogP contribution in [0.15, 0.2) is 4.52 Å². The summed E-state index contributed by atoms with van der Waals surface area (Å²) in [6.45, 7) is 9.11. The summed E-state index contributed by atoms with van der Waals surface area (Å²) in [6, 6.07) is 0.642. The summed E-state index contributed by atoms with van der Waals surface area (Å²) in [5.74, 6) is 2.92. The van der Waals surface area contributed by atoms with Gasteiger partial charge in [0.2, 0.25) is 5.89 Å². The van der Waals surface area contributed by atoms with Gasteiger partial charge in [-0.1, -0.05) is 5.16 Å². The minimum Gasteiger partial charge on any atom is -0.339 e. The molecule has 0 amide bonds. The first-order valence-electron chi connectivity index (χ1n) is 8.49. The maximum absolute atomic E-state index is 5.52. The highest BCUT2D eigenvalue weighted by Gasteiger charge is 2.25. The van der Waals surface area contributed by atoms with Gasteiger partial charge in [-0.2, -0.15) is 4.98 Å². The van der Waals surface area contributed by atoms with Crippen molar-refractivity contribution in [2.45, 2.75) is 57.9 Å². The monoisotopic (exact) mass is 292 g/mol. The Kier molecular flexibility index (Phi) is 4.91. The Balaban J connectivity index is 1.56. The molecule has 5 heteroatoms. The number of nitrogens with zero attached hydrogens (tertiary/aromatic N) is 3. The Bertz CT molecular complexity index is 439. The van der Waals surface area contributed by atoms with Crippen molar-refractivity contribution in [3.8, 4) is 0 Å². The number of piperidine rings is 2. The van der Waals surface area contributed by atoms with Crippen LogP contribution >= 0.6 is 0 Å². The predicted octanol–water partition coefficient (Wildman–Crippen LogP) is 2.20. The molecule has 2 saturated heterocycles. The van der Waals surface area contributed by atoms with Gasteiger partial charge in [0.15, 0.2) is 5.82 Å². The SMILES string of the molecule is CC(C)N1CCCC(Cc2noc(C3CCNCC3)n2)C1. The van der Waals surface area contributed by atoms with E-state index in [9.17, 15) is 0 Å². The molecule has 2 aliphatic heterocycles. The fraction of sp³-hybridized carbons (Fsp3) is 0.875. The van der Waals surface area contributed by atoms with Crippen molar-refractivity contribution in [2.75, 3.05) is 26.2 Å². The molecule has 2 aliphatic rings. The molecule has 1 aromatic rings. The molecule has 0 spiro atoms. The van der Waals surface area contributed by atoms with Crippen LogP contribution < -0.4 is 5.32 Å². The maximum atomic E-state index is 5.52. The third-order valence-electron chi connectivity index (χ3n) is 4.92. The van der Waals surface area contributed by atoms with Gasteiger partial charge in [0.05, 0.1) is 0 Å². The molecule has 1 atom stereocenters. The zero-order chi connectivity index (χ0) is 14.7. The summed E-state index contributed by atoms with van der Waals surface area (Å²) in [6.07, 6.45) is 5.79. The zero-order valence-corrected chi connectivity index (χ0v) is 13.3. The second kappa shape index (κ2) is 6.88. The van der Waals surface area contributed by atoms with Gasteiger partial charge >= 0.3 is 0 Å². The molecule has 1 N–H and O–H groups in total. The van der Waals surface area contributed by atoms with Crippen LogP contribution in [0.4, 0.5) is 0 Å². The molecule has 118 valence electrons. The predicted molar refractivity (Wildman–Crippen MR) is 82.3 cm³/mol. The number of hydrogen-bond donors (Lipinski definition) is 1. The van der Waals surface area contributed by atoms with Crippen molar-refractivity contribution in [1.82, 2.24) is 20.4 Å². The first-order valence-corrected chi connectivity index (χ1v) is 8.49. The summed E-state index contributed by atoms with van der Waals surface area (Å²) < 4.78 is 5.52. The van der Waals surface area contributed by atoms with Gasteiger partial charge in [-0.3, -0.25) is 0 Å². The highest BCUT2D eigenvalue weighted by atomic mass is 16.5. The van der Waals surface area contributed by atoms with Gasteiger partial charge in [0, 0.05) is 24.9 Å². The Morgan fingerprint density at radius 2 is 2.10 bits per heavy atom. The summed E-state index contributed by atoms with van der Waals surface area (Å²) >= 11 is 0. The van der Waals surface area contributed by atoms with E-state index in [2.05, 4.69) is 34.2 Å². The van der Waals surface area contributed by atoms with Crippen LogP contribution in [-0.4, -0.2) is 47.3 Å². The van der Waals surface area contributed by atoms with E-state index in [1.165, 1.54) is 25.9 Å². The lowest BCUT2D eigenvalue weighted by molar-refractivity contribution is 0.138. The molecular weight excluding hydrogens is 264 g/mol. The number of aromatic nitrogens is 2. The summed E-state index contributed by atoms with van der Waals surface area (Å²) in [5.41, 5.74) is 0. The fourth-order valence-corrected chi connectivity index (χ4v) is 3.58. The van der Waals surface area contributed by atoms with E-state index in [1.807, 2.05) is 0 Å². The molecule has 1 aromatic heterocycles. The highest BCUT2D eigenvalue weighted by Crippen LogP contribution is 2.25. The quantitative estimate of drug-likeness (QED) is 0.922. The molecule has 5 nitrogen and oxygen atoms in total. The third-order valence-corrected chi connectivity index (χ3v) is 4.92. The molecule has 2 fully saturated rings. The first-order chi connectivity index (χ1) is 10.2. The second-order valence-corrected chi connectivity index (χ2v) is 6.87. The molecule has 0 aliphatic carbocycles. The smallest absolute Gasteiger partial charge is 0.229 e. The molecule has 3 heterocycles. The average Bonchev–Trinajstić information content (AvgIpc) is 2.97. The Labute approximate surface area is 127 Å². The van der Waals surface area contributed by atoms with Crippen molar-refractivity contribution in [1.29, 1.82) is 0 Å². The Morgan fingerprint density at radius 3 is 2.86 bits per heavy atom. The van der Waals surface area contributed by atoms with Crippen LogP contribution in [0.2, 0.25) is 0 Å². The first kappa shape index (κ1) is 15.0. The van der Waals surface area contributed by atoms with E-state index >= 15 is 0 Å². The van der Waals surface area contributed by atoms with Crippen LogP contribution in [0.3, 0.4) is 0 Å². The van der Waals surface area contributed by atoms with Crippen molar-refractivity contribution >= 4 is 0 Å². The Morgan fingerprint density at radius 1 is 1.29 bits per heavy atom. The van der Waals surface area contributed by atoms with Crippen molar-refractivity contribution < 1.29 is 4.52 Å². The number of likely N-dealkylation sites (tertiary alicyclic amines) is 1. The summed E-state index contributed by atoms with van der Waals surface area (Å²) in [7, 11) is 0. The van der Waals surface area contributed by atoms with E-state index in [1.54, 1.807) is 0 Å². The molecule has 0 radical (unpaired) electrons. The lowest BCUT2D eigenvalue weighted by atomic mass is 9.93. The standard InChI is InChI=1S/C16H28N4O/c1-12(2)20-9-3-4-13(11-20)10-15-18-16(21-19-15)14-5-7-17-8-6-14/h12-14,17H,3-11H2,1-2H3. The molecule has 0 aromatic carbocycles. The van der Waals surface area contributed by atoms with Crippen LogP contribution in [0.25, 0.3) is 0 Å². The van der Waals surface area contributed by atoms with E-state index in [0.717, 1.165) is 44.1 Å². The van der Waals surface area contributed by atoms with Crippen molar-refractivity contribution in [3.63, 3.8) is 0 Å². The summed E-state index contributed by atoms with van der Waals surface area (Å²) in [4.78, 5) is 7.25. The van der Waals surface area contributed by atoms with Crippen LogP contribution in [0.5, 0.6) is 0 Å². The van der Waals surface area contributed by atoms with Crippen LogP contribution in [-0.2, 0) is 6.42 Å². The van der Waals surface area contributed by atoms with Gasteiger partial charge in [-0.15, -0.1) is 0 Å². The van der Waals surface area contributed by atoms with E-state index in [4.69, 9.17) is 4.52 Å². The van der Waals surface area contributed by atoms with Gasteiger partial charge in [-0.25, -0.2) is 0 Å². The second-order valence-electron chi connectivity index (χ2n) is 6.87. The fourth-order valence-electron chi connectivity index (χ4n) is 3.58. The molecule has 0 bridgehead atoms. The number of hydrogen-bond acceptors (Lipinski definition) is 5. The largest absolute Gasteiger partial charge is 0.339 e. The Hall–Kier alpha value is -0.940. The number of rotatable bonds is 4. The topological polar surface area (TPSA) is 54.2 Å². The number of nitrogens with one attached hydrogen (secondary N) is 1. The molecule has 1 unspecified atom stereocenters. The normalized spacial score (nSPS) is 25.6. The molecule has 3 rings (SSSR count). The van der Waals surface area contributed by atoms with Gasteiger partial charge in [-0.05, 0) is 65.1 Å². The average molecular weight is 292 g/mol.